The molecule has 3 rings (SSSR count). The summed E-state index contributed by atoms with van der Waals surface area (Å²) in [6, 6.07) is 15.4. The van der Waals surface area contributed by atoms with Crippen LogP contribution in [0.25, 0.3) is 0 Å². The molecule has 1 amide bonds. The van der Waals surface area contributed by atoms with Gasteiger partial charge in [-0.3, -0.25) is 4.79 Å². The fourth-order valence-electron chi connectivity index (χ4n) is 3.80. The lowest BCUT2D eigenvalue weighted by molar-refractivity contribution is -0.132. The lowest BCUT2D eigenvalue weighted by Crippen LogP contribution is -2.49. The summed E-state index contributed by atoms with van der Waals surface area (Å²) in [7, 11) is -2.55. The first kappa shape index (κ1) is 21.4. The monoisotopic (exact) mass is 414 g/mol. The first-order valence-electron chi connectivity index (χ1n) is 10.2. The Morgan fingerprint density at radius 3 is 2.00 bits per heavy atom. The number of thiol groups is 1. The molecule has 5 nitrogen and oxygen atoms in total. The van der Waals surface area contributed by atoms with Crippen LogP contribution < -0.4 is 4.90 Å². The number of amides is 1. The first-order chi connectivity index (χ1) is 13.8. The van der Waals surface area contributed by atoms with Gasteiger partial charge in [0.25, 0.3) is 0 Å². The number of anilines is 1. The molecule has 2 aromatic carbocycles. The Hall–Kier alpha value is -2.34. The Labute approximate surface area is 175 Å². The topological polar surface area (TPSA) is 57.7 Å². The number of carbonyl (C=O) groups is 1. The maximum atomic E-state index is 13.0. The largest absolute Gasteiger partial charge is 0.368 e. The summed E-state index contributed by atoms with van der Waals surface area (Å²) in [6.07, 6.45) is 1.05. The van der Waals surface area contributed by atoms with E-state index in [2.05, 4.69) is 43.0 Å². The molecule has 0 aromatic heterocycles. The van der Waals surface area contributed by atoms with E-state index >= 15 is 0 Å². The highest BCUT2D eigenvalue weighted by Gasteiger charge is 2.26. The van der Waals surface area contributed by atoms with Gasteiger partial charge in [0.15, 0.2) is 10.7 Å². The molecular weight excluding hydrogens is 384 g/mol. The van der Waals surface area contributed by atoms with E-state index in [1.807, 2.05) is 24.0 Å². The normalized spacial score (nSPS) is 15.8. The molecule has 1 aliphatic rings. The fourth-order valence-corrected chi connectivity index (χ4v) is 4.19. The van der Waals surface area contributed by atoms with Crippen molar-refractivity contribution in [3.8, 4) is 0 Å². The van der Waals surface area contributed by atoms with Gasteiger partial charge < -0.3 is 9.80 Å². The van der Waals surface area contributed by atoms with Gasteiger partial charge in [-0.15, -0.1) is 0 Å². The van der Waals surface area contributed by atoms with Crippen molar-refractivity contribution >= 4 is 22.3 Å². The summed E-state index contributed by atoms with van der Waals surface area (Å²) in [4.78, 5) is 17.4. The van der Waals surface area contributed by atoms with Crippen LogP contribution in [0.2, 0.25) is 0 Å². The summed E-state index contributed by atoms with van der Waals surface area (Å²) >= 11 is 0. The van der Waals surface area contributed by atoms with Crippen LogP contribution in [0.3, 0.4) is 0 Å². The predicted molar refractivity (Wildman–Crippen MR) is 117 cm³/mol. The quantitative estimate of drug-likeness (QED) is 0.737. The van der Waals surface area contributed by atoms with Gasteiger partial charge in [-0.2, -0.15) is 0 Å². The van der Waals surface area contributed by atoms with Crippen molar-refractivity contribution in [1.82, 2.24) is 4.90 Å². The van der Waals surface area contributed by atoms with Gasteiger partial charge in [0.2, 0.25) is 5.91 Å². The second-order valence-corrected chi connectivity index (χ2v) is 9.18. The third-order valence-electron chi connectivity index (χ3n) is 5.51. The van der Waals surface area contributed by atoms with E-state index in [9.17, 15) is 13.2 Å². The van der Waals surface area contributed by atoms with E-state index in [1.54, 1.807) is 12.1 Å². The van der Waals surface area contributed by atoms with Crippen molar-refractivity contribution in [3.63, 3.8) is 0 Å². The van der Waals surface area contributed by atoms with Gasteiger partial charge in [-0.05, 0) is 54.7 Å². The third kappa shape index (κ3) is 5.38. The van der Waals surface area contributed by atoms with Crippen LogP contribution in [-0.2, 0) is 21.9 Å². The molecule has 0 unspecified atom stereocenters. The van der Waals surface area contributed by atoms with Crippen LogP contribution >= 0.6 is 0 Å². The lowest BCUT2D eigenvalue weighted by atomic mass is 9.95. The van der Waals surface area contributed by atoms with E-state index in [0.717, 1.165) is 30.8 Å². The maximum absolute atomic E-state index is 13.0. The minimum Gasteiger partial charge on any atom is -0.368 e. The summed E-state index contributed by atoms with van der Waals surface area (Å²) in [6.45, 7) is 9.23. The zero-order chi connectivity index (χ0) is 21.0. The summed E-state index contributed by atoms with van der Waals surface area (Å²) in [5.41, 5.74) is 3.36. The molecule has 0 bridgehead atoms. The molecule has 156 valence electrons. The first-order valence-corrected chi connectivity index (χ1v) is 11.4. The molecule has 0 aliphatic carbocycles. The Kier molecular flexibility index (Phi) is 6.96. The van der Waals surface area contributed by atoms with E-state index < -0.39 is 10.7 Å². The van der Waals surface area contributed by atoms with Crippen molar-refractivity contribution in [3.05, 3.63) is 59.7 Å². The molecule has 0 N–H and O–H groups in total. The average Bonchev–Trinajstić information content (AvgIpc) is 2.73. The smallest absolute Gasteiger partial charge is 0.229 e. The van der Waals surface area contributed by atoms with Crippen molar-refractivity contribution in [1.29, 1.82) is 0 Å². The SMILES string of the molecule is CC(C)Cc1ccc([C@H](C)C(=O)N2CCN(c3ccc([SH](=O)=O)cc3)CC2)cc1. The minimum absolute atomic E-state index is 0.151. The number of nitrogens with zero attached hydrogens (tertiary/aromatic N) is 2. The number of carbonyl (C=O) groups excluding carboxylic acids is 1. The molecule has 1 aliphatic heterocycles. The van der Waals surface area contributed by atoms with Gasteiger partial charge >= 0.3 is 0 Å². The van der Waals surface area contributed by atoms with Crippen LogP contribution in [0.15, 0.2) is 53.4 Å². The standard InChI is InChI=1S/C23H30N2O3S/c1-17(2)16-19-4-6-20(7-5-19)18(3)23(26)25-14-12-24(13-15-25)21-8-10-22(11-9-21)29(27)28/h4-11,17-18,29H,12-16H2,1-3H3/t18-/m0/s1. The van der Waals surface area contributed by atoms with Crippen LogP contribution in [-0.4, -0.2) is 45.4 Å². The van der Waals surface area contributed by atoms with Crippen LogP contribution in [0.5, 0.6) is 0 Å². The molecule has 0 radical (unpaired) electrons. The van der Waals surface area contributed by atoms with Gasteiger partial charge in [0.1, 0.15) is 0 Å². The minimum atomic E-state index is -2.55. The number of hydrogen-bond donors (Lipinski definition) is 1. The van der Waals surface area contributed by atoms with Crippen molar-refractivity contribution in [2.24, 2.45) is 5.92 Å². The van der Waals surface area contributed by atoms with E-state index in [0.29, 0.717) is 23.9 Å². The number of benzene rings is 2. The van der Waals surface area contributed by atoms with Crippen molar-refractivity contribution in [2.75, 3.05) is 31.1 Å². The van der Waals surface area contributed by atoms with Crippen LogP contribution in [0, 0.1) is 5.92 Å². The molecule has 0 spiro atoms. The molecule has 1 saturated heterocycles. The van der Waals surface area contributed by atoms with Crippen LogP contribution in [0.4, 0.5) is 5.69 Å². The highest BCUT2D eigenvalue weighted by atomic mass is 32.2. The molecular formula is C23H30N2O3S. The molecule has 6 heteroatoms. The fraction of sp³-hybridized carbons (Fsp3) is 0.435. The third-order valence-corrected chi connectivity index (χ3v) is 6.23. The van der Waals surface area contributed by atoms with Gasteiger partial charge in [-0.1, -0.05) is 38.1 Å². The summed E-state index contributed by atoms with van der Waals surface area (Å²) in [5, 5.41) is 0. The molecule has 1 atom stereocenters. The Bertz CT molecular complexity index is 889. The average molecular weight is 415 g/mol. The lowest BCUT2D eigenvalue weighted by Gasteiger charge is -2.37. The van der Waals surface area contributed by atoms with E-state index in [1.165, 1.54) is 5.56 Å². The summed E-state index contributed by atoms with van der Waals surface area (Å²) < 4.78 is 22.1. The molecule has 0 saturated carbocycles. The highest BCUT2D eigenvalue weighted by Crippen LogP contribution is 2.22. The van der Waals surface area contributed by atoms with Gasteiger partial charge in [0.05, 0.1) is 10.8 Å². The predicted octanol–water partition coefficient (Wildman–Crippen LogP) is 3.31. The van der Waals surface area contributed by atoms with Crippen LogP contribution in [0.1, 0.15) is 37.8 Å². The number of hydrogen-bond acceptors (Lipinski definition) is 4. The van der Waals surface area contributed by atoms with Crippen molar-refractivity contribution < 1.29 is 13.2 Å². The highest BCUT2D eigenvalue weighted by molar-refractivity contribution is 7.72. The zero-order valence-electron chi connectivity index (χ0n) is 17.4. The molecule has 1 heterocycles. The number of rotatable bonds is 6. The Morgan fingerprint density at radius 1 is 0.897 bits per heavy atom. The van der Waals surface area contributed by atoms with E-state index in [4.69, 9.17) is 0 Å². The Morgan fingerprint density at radius 2 is 1.48 bits per heavy atom. The molecule has 2 aromatic rings. The second kappa shape index (κ2) is 9.44. The van der Waals surface area contributed by atoms with E-state index in [-0.39, 0.29) is 11.8 Å². The molecule has 1 fully saturated rings. The number of piperazine rings is 1. The maximum Gasteiger partial charge on any atom is 0.229 e. The summed E-state index contributed by atoms with van der Waals surface area (Å²) in [5.74, 6) is 0.637. The zero-order valence-corrected chi connectivity index (χ0v) is 18.3. The molecule has 29 heavy (non-hydrogen) atoms. The second-order valence-electron chi connectivity index (χ2n) is 8.15. The Balaban J connectivity index is 1.57. The van der Waals surface area contributed by atoms with Gasteiger partial charge in [0, 0.05) is 31.9 Å². The van der Waals surface area contributed by atoms with Crippen molar-refractivity contribution in [2.45, 2.75) is 38.0 Å². The van der Waals surface area contributed by atoms with Gasteiger partial charge in [-0.25, -0.2) is 8.42 Å².